The lowest BCUT2D eigenvalue weighted by atomic mass is 10.0. The van der Waals surface area contributed by atoms with Crippen molar-refractivity contribution in [1.82, 2.24) is 9.97 Å². The van der Waals surface area contributed by atoms with Crippen LogP contribution in [0.15, 0.2) is 105 Å². The predicted molar refractivity (Wildman–Crippen MR) is 237 cm³/mol. The van der Waals surface area contributed by atoms with Gasteiger partial charge in [-0.05, 0) is 48.9 Å². The van der Waals surface area contributed by atoms with Crippen molar-refractivity contribution in [1.29, 1.82) is 0 Å². The molecule has 2 amide bonds. The molecule has 0 spiro atoms. The minimum atomic E-state index is -0.955. The Labute approximate surface area is 379 Å². The maximum Gasteiger partial charge on any atom is 0.374 e. The number of aliphatic hydroxyl groups excluding tert-OH is 1. The first kappa shape index (κ1) is 47.1. The molecule has 6 heterocycles. The van der Waals surface area contributed by atoms with Crippen LogP contribution in [-0.4, -0.2) is 79.5 Å². The number of rotatable bonds is 10. The number of esters is 3. The molecule has 1 aliphatic carbocycles. The molecular formula is C44H33ClF2N4O12S2. The molecule has 3 N–H and O–H groups in total. The number of ether oxygens (including phenoxy) is 3. The number of anilines is 2. The number of aromatic nitrogens is 2. The molecule has 0 fully saturated rings. The van der Waals surface area contributed by atoms with Gasteiger partial charge in [-0.3, -0.25) is 14.4 Å². The fraction of sp³-hybridized carbons (Fsp3) is 0.136. The molecule has 0 saturated heterocycles. The molecule has 0 atom stereocenters. The number of benzene rings is 1. The topological polar surface area (TPSA) is 226 Å². The van der Waals surface area contributed by atoms with Gasteiger partial charge in [0, 0.05) is 49.2 Å². The summed E-state index contributed by atoms with van der Waals surface area (Å²) in [6.45, 7) is 0. The first-order valence-corrected chi connectivity index (χ1v) is 20.7. The fourth-order valence-corrected chi connectivity index (χ4v) is 8.46. The quantitative estimate of drug-likeness (QED) is 0.0659. The summed E-state index contributed by atoms with van der Waals surface area (Å²) in [5, 5.41) is 12.4. The monoisotopic (exact) mass is 946 g/mol. The van der Waals surface area contributed by atoms with E-state index in [0.717, 1.165) is 24.5 Å². The zero-order chi connectivity index (χ0) is 46.9. The van der Waals surface area contributed by atoms with Gasteiger partial charge in [0.15, 0.2) is 6.29 Å². The van der Waals surface area contributed by atoms with Crippen molar-refractivity contribution in [2.75, 3.05) is 39.1 Å². The van der Waals surface area contributed by atoms with Crippen LogP contribution < -0.4 is 10.6 Å². The van der Waals surface area contributed by atoms with Crippen LogP contribution in [0.5, 0.6) is 0 Å². The highest BCUT2D eigenvalue weighted by Gasteiger charge is 2.28. The van der Waals surface area contributed by atoms with Crippen molar-refractivity contribution in [2.24, 2.45) is 0 Å². The number of amides is 2. The van der Waals surface area contributed by atoms with Gasteiger partial charge >= 0.3 is 17.9 Å². The van der Waals surface area contributed by atoms with Crippen molar-refractivity contribution in [3.05, 3.63) is 128 Å². The number of thiophene rings is 2. The van der Waals surface area contributed by atoms with Gasteiger partial charge in [0.25, 0.3) is 11.8 Å². The number of carbonyl (C=O) groups excluding carboxylic acids is 6. The number of methoxy groups -OCH3 is 3. The van der Waals surface area contributed by atoms with Gasteiger partial charge in [0.05, 0.1) is 57.3 Å². The average Bonchev–Trinajstić information content (AvgIpc) is 4.10. The minimum Gasteiger partial charge on any atom is -0.465 e. The number of fused-ring (bicyclic) bond motifs is 2. The van der Waals surface area contributed by atoms with Crippen molar-refractivity contribution in [3.8, 4) is 22.3 Å². The third-order valence-electron chi connectivity index (χ3n) is 9.12. The number of nitrogens with zero attached hydrogens (tertiary/aromatic N) is 2. The Bertz CT molecular complexity index is 3030. The molecule has 21 heteroatoms. The number of pyridine rings is 2. The van der Waals surface area contributed by atoms with E-state index >= 15 is 0 Å². The van der Waals surface area contributed by atoms with Crippen LogP contribution in [0.2, 0.25) is 5.02 Å². The van der Waals surface area contributed by atoms with Crippen molar-refractivity contribution in [3.63, 3.8) is 0 Å². The number of aldehydes is 1. The molecule has 16 nitrogen and oxygen atoms in total. The van der Waals surface area contributed by atoms with Gasteiger partial charge in [-0.15, -0.1) is 22.7 Å². The first-order valence-electron chi connectivity index (χ1n) is 18.7. The fourth-order valence-electron chi connectivity index (χ4n) is 6.20. The highest BCUT2D eigenvalue weighted by atomic mass is 35.5. The Morgan fingerprint density at radius 3 is 1.80 bits per heavy atom. The van der Waals surface area contributed by atoms with E-state index in [1.807, 2.05) is 0 Å². The Balaban J connectivity index is 0.000000208. The smallest absolute Gasteiger partial charge is 0.374 e. The highest BCUT2D eigenvalue weighted by Crippen LogP contribution is 2.42. The molecular weight excluding hydrogens is 914 g/mol. The van der Waals surface area contributed by atoms with E-state index in [-0.39, 0.29) is 40.6 Å². The molecule has 0 unspecified atom stereocenters. The van der Waals surface area contributed by atoms with E-state index in [2.05, 4.69) is 20.6 Å². The number of halogens is 3. The zero-order valence-electron chi connectivity index (χ0n) is 34.3. The maximum atomic E-state index is 13.9. The molecule has 65 heavy (non-hydrogen) atoms. The summed E-state index contributed by atoms with van der Waals surface area (Å²) in [5.41, 5.74) is 2.21. The first-order chi connectivity index (χ1) is 31.3. The molecule has 6 aromatic heterocycles. The molecule has 8 rings (SSSR count). The molecule has 0 aliphatic heterocycles. The maximum absolute atomic E-state index is 13.9. The Morgan fingerprint density at radius 1 is 0.754 bits per heavy atom. The average molecular weight is 947 g/mol. The van der Waals surface area contributed by atoms with E-state index < -0.39 is 46.9 Å². The van der Waals surface area contributed by atoms with Crippen LogP contribution >= 0.6 is 34.3 Å². The lowest BCUT2D eigenvalue weighted by molar-refractivity contribution is -0.113. The minimum absolute atomic E-state index is 0.0193. The summed E-state index contributed by atoms with van der Waals surface area (Å²) in [7, 11) is 4.70. The second-order valence-electron chi connectivity index (χ2n) is 13.0. The SMILES string of the molecule is CO.COC(=O)c1cc2oc(C(=O)OC)c(-c3ccc(NC(=O)C4=C(F)CCC=C4F)nc3)c2s1.COC(=O)c1oc2cc(C=O)sc2c1-c1ccc(NC(=O)c2ccccc2Cl)nc1. The predicted octanol–water partition coefficient (Wildman–Crippen LogP) is 9.61. The number of carbonyl (C=O) groups is 6. The van der Waals surface area contributed by atoms with E-state index in [1.165, 1.54) is 63.3 Å². The van der Waals surface area contributed by atoms with Crippen LogP contribution in [0.3, 0.4) is 0 Å². The third kappa shape index (κ3) is 10.0. The molecule has 334 valence electrons. The van der Waals surface area contributed by atoms with E-state index in [1.54, 1.807) is 42.5 Å². The van der Waals surface area contributed by atoms with Crippen LogP contribution in [-0.2, 0) is 19.0 Å². The van der Waals surface area contributed by atoms with Gasteiger partial charge in [0.2, 0.25) is 11.5 Å². The molecule has 1 aromatic carbocycles. The van der Waals surface area contributed by atoms with Crippen molar-refractivity contribution >= 4 is 102 Å². The number of furan rings is 2. The largest absolute Gasteiger partial charge is 0.465 e. The van der Waals surface area contributed by atoms with E-state index in [9.17, 15) is 37.5 Å². The Hall–Kier alpha value is -7.39. The standard InChI is InChI=1S/C22H16F2N2O6S.C21H13ClN2O5S.CH4O/c1-30-21(28)14-8-13-19(33-14)16(18(32-13)22(29)31-2)10-6-7-15(25-9-10)26-20(27)17-11(23)4-3-5-12(17)24;1-28-21(27)18-17(19-15(29-18)8-12(10-25)30-19)11-6-7-16(23-9-11)24-20(26)13-4-2-3-5-14(13)22;1-2/h4,6-9H,3,5H2,1-2H3,(H,25,26,27);2-10H,1H3,(H,23,24,26);2H,1H3. The summed E-state index contributed by atoms with van der Waals surface area (Å²) in [6, 6.07) is 15.9. The van der Waals surface area contributed by atoms with Crippen LogP contribution in [0.25, 0.3) is 42.8 Å². The second kappa shape index (κ2) is 20.9. The lowest BCUT2D eigenvalue weighted by Gasteiger charge is -2.12. The number of allylic oxidation sites excluding steroid dienone is 2. The van der Waals surface area contributed by atoms with Gasteiger partial charge in [-0.1, -0.05) is 23.7 Å². The molecule has 7 aromatic rings. The highest BCUT2D eigenvalue weighted by molar-refractivity contribution is 7.21. The van der Waals surface area contributed by atoms with Gasteiger partial charge < -0.3 is 38.8 Å². The molecule has 0 bridgehead atoms. The number of hydrogen-bond acceptors (Lipinski definition) is 16. The van der Waals surface area contributed by atoms with Gasteiger partial charge in [-0.25, -0.2) is 33.1 Å². The molecule has 0 radical (unpaired) electrons. The molecule has 1 aliphatic rings. The Kier molecular flexibility index (Phi) is 15.1. The summed E-state index contributed by atoms with van der Waals surface area (Å²) >= 11 is 8.31. The van der Waals surface area contributed by atoms with E-state index in [0.29, 0.717) is 64.8 Å². The summed E-state index contributed by atoms with van der Waals surface area (Å²) in [4.78, 5) is 81.2. The van der Waals surface area contributed by atoms with Crippen molar-refractivity contribution in [2.45, 2.75) is 12.8 Å². The van der Waals surface area contributed by atoms with Gasteiger partial charge in [-0.2, -0.15) is 0 Å². The Morgan fingerprint density at radius 2 is 1.29 bits per heavy atom. The lowest BCUT2D eigenvalue weighted by Crippen LogP contribution is -2.18. The second-order valence-corrected chi connectivity index (χ2v) is 15.5. The third-order valence-corrected chi connectivity index (χ3v) is 11.6. The van der Waals surface area contributed by atoms with Crippen LogP contribution in [0.4, 0.5) is 20.4 Å². The zero-order valence-corrected chi connectivity index (χ0v) is 36.7. The number of hydrogen-bond donors (Lipinski definition) is 3. The number of nitrogens with one attached hydrogen (secondary N) is 2. The van der Waals surface area contributed by atoms with Crippen LogP contribution in [0.1, 0.15) is 63.7 Å². The molecule has 0 saturated carbocycles. The van der Waals surface area contributed by atoms with Crippen molar-refractivity contribution < 1.29 is 65.7 Å². The van der Waals surface area contributed by atoms with Crippen LogP contribution in [0, 0.1) is 0 Å². The number of aliphatic hydroxyl groups is 1. The summed E-state index contributed by atoms with van der Waals surface area (Å²) < 4.78 is 54.5. The van der Waals surface area contributed by atoms with Gasteiger partial charge in [0.1, 0.15) is 44.9 Å². The summed E-state index contributed by atoms with van der Waals surface area (Å²) in [5.74, 6) is -4.74. The van der Waals surface area contributed by atoms with E-state index in [4.69, 9.17) is 39.8 Å². The summed E-state index contributed by atoms with van der Waals surface area (Å²) in [6.07, 6.45) is 4.85. The normalized spacial score (nSPS) is 12.0.